The predicted octanol–water partition coefficient (Wildman–Crippen LogP) is 4.77. The number of anilines is 1. The lowest BCUT2D eigenvalue weighted by atomic mass is 10.1. The molecule has 3 heterocycles. The zero-order valence-corrected chi connectivity index (χ0v) is 20.3. The number of hydrogen-bond donors (Lipinski definition) is 1. The van der Waals surface area contributed by atoms with E-state index in [0.29, 0.717) is 46.3 Å². The molecule has 4 rings (SSSR count). The summed E-state index contributed by atoms with van der Waals surface area (Å²) < 4.78 is 7.64. The minimum absolute atomic E-state index is 0.0155. The minimum atomic E-state index is -0.452. The monoisotopic (exact) mass is 500 g/mol. The quantitative estimate of drug-likeness (QED) is 0.427. The van der Waals surface area contributed by atoms with Crippen molar-refractivity contribution in [2.24, 2.45) is 0 Å². The van der Waals surface area contributed by atoms with E-state index < -0.39 is 6.09 Å². The minimum Gasteiger partial charge on any atom is -0.444 e. The first-order chi connectivity index (χ1) is 16.4. The van der Waals surface area contributed by atoms with Crippen molar-refractivity contribution in [1.82, 2.24) is 4.57 Å². The molecular formula is C25H25ClN2O5S. The van der Waals surface area contributed by atoms with Crippen molar-refractivity contribution in [3.63, 3.8) is 0 Å². The number of rotatable bonds is 9. The predicted molar refractivity (Wildman–Crippen MR) is 133 cm³/mol. The van der Waals surface area contributed by atoms with Gasteiger partial charge in [0.05, 0.1) is 21.4 Å². The van der Waals surface area contributed by atoms with Crippen LogP contribution in [0.3, 0.4) is 0 Å². The zero-order chi connectivity index (χ0) is 24.2. The second kappa shape index (κ2) is 10.5. The summed E-state index contributed by atoms with van der Waals surface area (Å²) in [6.07, 6.45) is 2.63. The molecule has 0 bridgehead atoms. The summed E-state index contributed by atoms with van der Waals surface area (Å²) in [4.78, 5) is 39.8. The van der Waals surface area contributed by atoms with Gasteiger partial charge in [-0.2, -0.15) is 0 Å². The Kier molecular flexibility index (Phi) is 7.50. The summed E-state index contributed by atoms with van der Waals surface area (Å²) in [6, 6.07) is 12.4. The Bertz CT molecular complexity index is 1270. The third-order valence-electron chi connectivity index (χ3n) is 5.80. The normalized spacial score (nSPS) is 15.6. The number of thiophene rings is 1. The Balaban J connectivity index is 1.45. The second-order valence-electron chi connectivity index (χ2n) is 8.19. The Morgan fingerprint density at radius 2 is 2.06 bits per heavy atom. The van der Waals surface area contributed by atoms with Gasteiger partial charge in [-0.15, -0.1) is 11.3 Å². The van der Waals surface area contributed by atoms with Crippen LogP contribution >= 0.6 is 22.9 Å². The van der Waals surface area contributed by atoms with Crippen LogP contribution in [-0.4, -0.2) is 40.8 Å². The number of halogens is 1. The van der Waals surface area contributed by atoms with E-state index in [2.05, 4.69) is 0 Å². The molecule has 0 unspecified atom stereocenters. The Morgan fingerprint density at radius 3 is 2.76 bits per heavy atom. The molecule has 0 aliphatic carbocycles. The number of aryl methyl sites for hydroxylation is 2. The van der Waals surface area contributed by atoms with Crippen molar-refractivity contribution in [3.05, 3.63) is 79.4 Å². The van der Waals surface area contributed by atoms with Gasteiger partial charge in [0, 0.05) is 30.5 Å². The molecule has 1 amide bonds. The lowest BCUT2D eigenvalue weighted by Gasteiger charge is -2.17. The van der Waals surface area contributed by atoms with E-state index in [4.69, 9.17) is 21.4 Å². The maximum atomic E-state index is 12.9. The average molecular weight is 501 g/mol. The number of ether oxygens (including phenoxy) is 1. The molecular weight excluding hydrogens is 476 g/mol. The van der Waals surface area contributed by atoms with Crippen LogP contribution in [-0.2, 0) is 11.2 Å². The molecule has 0 saturated carbocycles. The number of pyridine rings is 1. The number of hydrogen-bond acceptors (Lipinski definition) is 6. The number of cyclic esters (lactones) is 1. The van der Waals surface area contributed by atoms with Gasteiger partial charge in [0.15, 0.2) is 5.78 Å². The van der Waals surface area contributed by atoms with Gasteiger partial charge in [-0.1, -0.05) is 17.7 Å². The summed E-state index contributed by atoms with van der Waals surface area (Å²) in [5.74, 6) is -0.0155. The van der Waals surface area contributed by atoms with Gasteiger partial charge in [-0.3, -0.25) is 19.1 Å². The standard InChI is InChI=1S/C25H25ClN2O5S/c1-16-14-18(6-8-20(16)27-12-2-4-17(24(27)31)5-3-13-29)28-15-19(33-25(28)32)7-9-21(30)22-10-11-23(26)34-22/h2,4,6,8,10-12,14,19,29H,3,5,7,9,13,15H2,1H3/t19-/m0/s1. The molecule has 34 heavy (non-hydrogen) atoms. The number of aliphatic hydroxyl groups is 1. The first kappa shape index (κ1) is 24.2. The van der Waals surface area contributed by atoms with Crippen LogP contribution in [0.25, 0.3) is 5.69 Å². The summed E-state index contributed by atoms with van der Waals surface area (Å²) >= 11 is 7.14. The lowest BCUT2D eigenvalue weighted by Crippen LogP contribution is -2.25. The van der Waals surface area contributed by atoms with Gasteiger partial charge >= 0.3 is 6.09 Å². The third kappa shape index (κ3) is 5.24. The highest BCUT2D eigenvalue weighted by molar-refractivity contribution is 7.18. The molecule has 1 saturated heterocycles. The zero-order valence-electron chi connectivity index (χ0n) is 18.7. The number of aromatic nitrogens is 1. The molecule has 3 aromatic rings. The summed E-state index contributed by atoms with van der Waals surface area (Å²) in [5.41, 5.74) is 2.76. The summed E-state index contributed by atoms with van der Waals surface area (Å²) in [5, 5.41) is 9.06. The number of ketones is 1. The Morgan fingerprint density at radius 1 is 1.24 bits per heavy atom. The molecule has 1 aromatic carbocycles. The van der Waals surface area contributed by atoms with Gasteiger partial charge in [0.1, 0.15) is 6.10 Å². The molecule has 0 spiro atoms. The smallest absolute Gasteiger partial charge is 0.414 e. The van der Waals surface area contributed by atoms with Gasteiger partial charge in [-0.05, 0) is 68.1 Å². The van der Waals surface area contributed by atoms with Crippen LogP contribution in [0.2, 0.25) is 4.34 Å². The number of aliphatic hydroxyl groups excluding tert-OH is 1. The first-order valence-corrected chi connectivity index (χ1v) is 12.3. The number of amides is 1. The summed E-state index contributed by atoms with van der Waals surface area (Å²) in [7, 11) is 0. The van der Waals surface area contributed by atoms with E-state index in [0.717, 1.165) is 11.3 Å². The molecule has 1 atom stereocenters. The molecule has 1 aliphatic rings. The van der Waals surface area contributed by atoms with E-state index in [1.165, 1.54) is 11.3 Å². The van der Waals surface area contributed by atoms with Crippen LogP contribution < -0.4 is 10.5 Å². The van der Waals surface area contributed by atoms with Crippen LogP contribution in [0, 0.1) is 6.92 Å². The van der Waals surface area contributed by atoms with Gasteiger partial charge < -0.3 is 9.84 Å². The molecule has 1 aliphatic heterocycles. The van der Waals surface area contributed by atoms with Gasteiger partial charge in [-0.25, -0.2) is 4.79 Å². The highest BCUT2D eigenvalue weighted by atomic mass is 35.5. The van der Waals surface area contributed by atoms with Crippen molar-refractivity contribution in [2.75, 3.05) is 18.1 Å². The van der Waals surface area contributed by atoms with E-state index in [1.807, 2.05) is 25.1 Å². The average Bonchev–Trinajstić information content (AvgIpc) is 3.42. The Hall–Kier alpha value is -2.94. The van der Waals surface area contributed by atoms with E-state index in [-0.39, 0.29) is 30.5 Å². The molecule has 9 heteroatoms. The van der Waals surface area contributed by atoms with E-state index in [9.17, 15) is 14.4 Å². The third-order valence-corrected chi connectivity index (χ3v) is 7.07. The van der Waals surface area contributed by atoms with Gasteiger partial charge in [0.2, 0.25) is 0 Å². The van der Waals surface area contributed by atoms with Crippen LogP contribution in [0.4, 0.5) is 10.5 Å². The number of carbonyl (C=O) groups excluding carboxylic acids is 2. The van der Waals surface area contributed by atoms with Crippen molar-refractivity contribution in [3.8, 4) is 5.69 Å². The van der Waals surface area contributed by atoms with Crippen molar-refractivity contribution < 1.29 is 19.4 Å². The first-order valence-electron chi connectivity index (χ1n) is 11.1. The maximum absolute atomic E-state index is 12.9. The summed E-state index contributed by atoms with van der Waals surface area (Å²) in [6.45, 7) is 2.27. The highest BCUT2D eigenvalue weighted by Crippen LogP contribution is 2.28. The molecule has 7 nitrogen and oxygen atoms in total. The number of nitrogens with zero attached hydrogens (tertiary/aromatic N) is 2. The SMILES string of the molecule is Cc1cc(N2C[C@H](CCC(=O)c3ccc(Cl)s3)OC2=O)ccc1-n1cccc(CCCO)c1=O. The fourth-order valence-electron chi connectivity index (χ4n) is 4.03. The molecule has 1 N–H and O–H groups in total. The molecule has 1 fully saturated rings. The van der Waals surface area contributed by atoms with Gasteiger partial charge in [0.25, 0.3) is 5.56 Å². The van der Waals surface area contributed by atoms with Crippen molar-refractivity contribution >= 4 is 40.5 Å². The number of benzene rings is 1. The van der Waals surface area contributed by atoms with Crippen LogP contribution in [0.15, 0.2) is 53.5 Å². The molecule has 0 radical (unpaired) electrons. The number of Topliss-reactive ketones (excluding diaryl/α,β-unsaturated/α-hetero) is 1. The maximum Gasteiger partial charge on any atom is 0.414 e. The molecule has 2 aromatic heterocycles. The Labute approximate surface area is 206 Å². The van der Waals surface area contributed by atoms with Crippen molar-refractivity contribution in [1.29, 1.82) is 0 Å². The van der Waals surface area contributed by atoms with E-state index in [1.54, 1.807) is 39.9 Å². The number of carbonyl (C=O) groups is 2. The fraction of sp³-hybridized carbons (Fsp3) is 0.320. The second-order valence-corrected chi connectivity index (χ2v) is 9.90. The van der Waals surface area contributed by atoms with Crippen LogP contribution in [0.5, 0.6) is 0 Å². The van der Waals surface area contributed by atoms with Crippen molar-refractivity contribution in [2.45, 2.75) is 38.7 Å². The highest BCUT2D eigenvalue weighted by Gasteiger charge is 2.32. The fourth-order valence-corrected chi connectivity index (χ4v) is 5.04. The van der Waals surface area contributed by atoms with E-state index >= 15 is 0 Å². The topological polar surface area (TPSA) is 88.8 Å². The lowest BCUT2D eigenvalue weighted by molar-refractivity contribution is 0.0943. The van der Waals surface area contributed by atoms with Crippen LogP contribution in [0.1, 0.15) is 40.1 Å². The molecule has 178 valence electrons. The largest absolute Gasteiger partial charge is 0.444 e.